The Balaban J connectivity index is 2.50. The van der Waals surface area contributed by atoms with Gasteiger partial charge in [0.1, 0.15) is 17.5 Å². The van der Waals surface area contributed by atoms with E-state index in [1.54, 1.807) is 13.0 Å². The molecule has 0 unspecified atom stereocenters. The average molecular weight is 296 g/mol. The zero-order valence-corrected chi connectivity index (χ0v) is 11.4. The molecular weight excluding hydrogens is 286 g/mol. The maximum atomic E-state index is 12.2. The highest BCUT2D eigenvalue weighted by molar-refractivity contribution is 6.37. The van der Waals surface area contributed by atoms with E-state index in [2.05, 4.69) is 10.1 Å². The van der Waals surface area contributed by atoms with Crippen molar-refractivity contribution in [2.75, 3.05) is 12.4 Å². The van der Waals surface area contributed by atoms with E-state index in [0.717, 1.165) is 18.9 Å². The molecule has 7 heteroatoms. The number of hydrogen-bond donors (Lipinski definition) is 1. The average Bonchev–Trinajstić information content (AvgIpc) is 2.43. The molecule has 0 aliphatic heterocycles. The van der Waals surface area contributed by atoms with E-state index < -0.39 is 17.3 Å². The summed E-state index contributed by atoms with van der Waals surface area (Å²) in [6.45, 7) is 1.77. The number of halogens is 1. The molecule has 1 aromatic heterocycles. The van der Waals surface area contributed by atoms with E-state index in [4.69, 9.17) is 16.0 Å². The Kier molecular flexibility index (Phi) is 3.76. The van der Waals surface area contributed by atoms with Crippen LogP contribution in [0.5, 0.6) is 0 Å². The van der Waals surface area contributed by atoms with Gasteiger partial charge in [-0.2, -0.15) is 0 Å². The van der Waals surface area contributed by atoms with Crippen LogP contribution in [-0.4, -0.2) is 19.0 Å². The number of ether oxygens (including phenoxy) is 1. The number of nitrogens with one attached hydrogen (secondary N) is 1. The molecule has 0 aliphatic carbocycles. The number of carbonyl (C=O) groups excluding carboxylic acids is 2. The molecule has 2 rings (SSSR count). The number of anilines is 1. The molecule has 0 saturated heterocycles. The van der Waals surface area contributed by atoms with Crippen LogP contribution in [0.2, 0.25) is 5.02 Å². The highest BCUT2D eigenvalue weighted by Crippen LogP contribution is 2.22. The molecule has 1 N–H and O–H groups in total. The summed E-state index contributed by atoms with van der Waals surface area (Å²) in [5, 5.41) is 2.74. The lowest BCUT2D eigenvalue weighted by atomic mass is 10.1. The van der Waals surface area contributed by atoms with Gasteiger partial charge < -0.3 is 14.5 Å². The fraction of sp³-hybridized carbons (Fsp3) is 0.154. The molecule has 104 valence electrons. The molecule has 1 heterocycles. The van der Waals surface area contributed by atoms with E-state index in [1.807, 2.05) is 0 Å². The second-order valence-electron chi connectivity index (χ2n) is 4.02. The second kappa shape index (κ2) is 5.34. The molecule has 0 radical (unpaired) electrons. The smallest absolute Gasteiger partial charge is 0.396 e. The fourth-order valence-electron chi connectivity index (χ4n) is 1.60. The maximum absolute atomic E-state index is 12.2. The number of esters is 1. The van der Waals surface area contributed by atoms with Gasteiger partial charge in [0.05, 0.1) is 12.5 Å². The Bertz CT molecular complexity index is 765. The highest BCUT2D eigenvalue weighted by Gasteiger charge is 2.17. The monoisotopic (exact) mass is 295 g/mol. The van der Waals surface area contributed by atoms with Crippen molar-refractivity contribution in [3.8, 4) is 0 Å². The predicted octanol–water partition coefficient (Wildman–Crippen LogP) is 1.87. The summed E-state index contributed by atoms with van der Waals surface area (Å²) < 4.78 is 9.49. The molecule has 20 heavy (non-hydrogen) atoms. The van der Waals surface area contributed by atoms with Crippen LogP contribution >= 0.6 is 11.6 Å². The van der Waals surface area contributed by atoms with Crippen LogP contribution in [0, 0.1) is 6.92 Å². The van der Waals surface area contributed by atoms with Crippen LogP contribution in [-0.2, 0) is 14.3 Å². The van der Waals surface area contributed by atoms with E-state index in [1.165, 1.54) is 6.07 Å². The third-order valence-corrected chi connectivity index (χ3v) is 3.08. The van der Waals surface area contributed by atoms with Gasteiger partial charge in [-0.15, -0.1) is 0 Å². The van der Waals surface area contributed by atoms with Gasteiger partial charge in [-0.1, -0.05) is 11.6 Å². The topological polar surface area (TPSA) is 85.6 Å². The van der Waals surface area contributed by atoms with Crippen molar-refractivity contribution in [2.24, 2.45) is 0 Å². The molecule has 0 aliphatic rings. The Morgan fingerprint density at radius 2 is 2.05 bits per heavy atom. The molecule has 0 spiro atoms. The summed E-state index contributed by atoms with van der Waals surface area (Å²) in [6.07, 6.45) is 1.07. The van der Waals surface area contributed by atoms with E-state index in [9.17, 15) is 14.4 Å². The number of hydrogen-bond acceptors (Lipinski definition) is 5. The van der Waals surface area contributed by atoms with Gasteiger partial charge in [-0.25, -0.2) is 4.79 Å². The minimum atomic E-state index is -1.11. The quantitative estimate of drug-likeness (QED) is 0.641. The van der Waals surface area contributed by atoms with Crippen molar-refractivity contribution in [1.82, 2.24) is 0 Å². The first-order valence-corrected chi connectivity index (χ1v) is 5.92. The summed E-state index contributed by atoms with van der Waals surface area (Å²) in [6, 6.07) is 3.07. The number of methoxy groups -OCH3 is 1. The van der Waals surface area contributed by atoms with Gasteiger partial charge in [0.25, 0.3) is 0 Å². The molecule has 2 aromatic rings. The van der Waals surface area contributed by atoms with Gasteiger partial charge in [0, 0.05) is 5.02 Å². The lowest BCUT2D eigenvalue weighted by Crippen LogP contribution is -2.26. The molecular formula is C13H10ClNO5. The third-order valence-electron chi connectivity index (χ3n) is 2.67. The second-order valence-corrected chi connectivity index (χ2v) is 4.43. The SMILES string of the molecule is COC(=O)C(=O)Nc1coc2cc(C)c(Cl)cc2c1=O. The number of benzene rings is 1. The van der Waals surface area contributed by atoms with Crippen LogP contribution in [0.4, 0.5) is 5.69 Å². The van der Waals surface area contributed by atoms with Crippen molar-refractivity contribution >= 4 is 40.1 Å². The molecule has 1 aromatic carbocycles. The van der Waals surface area contributed by atoms with E-state index in [0.29, 0.717) is 10.6 Å². The molecule has 1 amide bonds. The Labute approximate surface area is 118 Å². The van der Waals surface area contributed by atoms with Crippen LogP contribution in [0.1, 0.15) is 5.56 Å². The van der Waals surface area contributed by atoms with Crippen molar-refractivity contribution in [3.05, 3.63) is 39.2 Å². The Morgan fingerprint density at radius 1 is 1.35 bits per heavy atom. The third kappa shape index (κ3) is 2.50. The zero-order valence-electron chi connectivity index (χ0n) is 10.7. The normalized spacial score (nSPS) is 10.3. The number of carbonyl (C=O) groups is 2. The lowest BCUT2D eigenvalue weighted by Gasteiger charge is -2.05. The van der Waals surface area contributed by atoms with Crippen LogP contribution in [0.3, 0.4) is 0 Å². The molecule has 0 saturated carbocycles. The molecule has 0 fully saturated rings. The van der Waals surface area contributed by atoms with Crippen molar-refractivity contribution < 1.29 is 18.7 Å². The van der Waals surface area contributed by atoms with E-state index in [-0.39, 0.29) is 11.1 Å². The van der Waals surface area contributed by atoms with E-state index >= 15 is 0 Å². The summed E-state index contributed by atoms with van der Waals surface area (Å²) in [4.78, 5) is 34.5. The Hall–Kier alpha value is -2.34. The van der Waals surface area contributed by atoms with Gasteiger partial charge in [-0.3, -0.25) is 9.59 Å². The molecule has 0 bridgehead atoms. The summed E-state index contributed by atoms with van der Waals surface area (Å²) in [5.74, 6) is -2.16. The summed E-state index contributed by atoms with van der Waals surface area (Å²) in [7, 11) is 1.06. The first-order chi connectivity index (χ1) is 9.43. The van der Waals surface area contributed by atoms with Crippen LogP contribution < -0.4 is 10.7 Å². The zero-order chi connectivity index (χ0) is 14.9. The highest BCUT2D eigenvalue weighted by atomic mass is 35.5. The van der Waals surface area contributed by atoms with Gasteiger partial charge >= 0.3 is 11.9 Å². The van der Waals surface area contributed by atoms with Crippen molar-refractivity contribution in [2.45, 2.75) is 6.92 Å². The fourth-order valence-corrected chi connectivity index (χ4v) is 1.77. The minimum Gasteiger partial charge on any atom is -0.462 e. The van der Waals surface area contributed by atoms with Crippen LogP contribution in [0.15, 0.2) is 27.6 Å². The number of aryl methyl sites for hydroxylation is 1. The van der Waals surface area contributed by atoms with Crippen LogP contribution in [0.25, 0.3) is 11.0 Å². The van der Waals surface area contributed by atoms with Crippen molar-refractivity contribution in [3.63, 3.8) is 0 Å². The Morgan fingerprint density at radius 3 is 2.70 bits per heavy atom. The first-order valence-electron chi connectivity index (χ1n) is 5.55. The van der Waals surface area contributed by atoms with Crippen molar-refractivity contribution in [1.29, 1.82) is 0 Å². The number of rotatable bonds is 1. The largest absolute Gasteiger partial charge is 0.462 e. The number of fused-ring (bicyclic) bond motifs is 1. The van der Waals surface area contributed by atoms with Gasteiger partial charge in [0.15, 0.2) is 0 Å². The molecule has 6 nitrogen and oxygen atoms in total. The first kappa shape index (κ1) is 14.1. The van der Waals surface area contributed by atoms with Gasteiger partial charge in [-0.05, 0) is 24.6 Å². The number of amides is 1. The lowest BCUT2D eigenvalue weighted by molar-refractivity contribution is -0.150. The van der Waals surface area contributed by atoms with Gasteiger partial charge in [0.2, 0.25) is 5.43 Å². The predicted molar refractivity (Wildman–Crippen MR) is 72.9 cm³/mol. The standard InChI is InChI=1S/C13H10ClNO5/c1-6-3-10-7(4-8(6)14)11(16)9(5-20-10)15-12(17)13(18)19-2/h3-5H,1-2H3,(H,15,17). The maximum Gasteiger partial charge on any atom is 0.396 e. The summed E-state index contributed by atoms with van der Waals surface area (Å²) >= 11 is 5.95. The molecule has 0 atom stereocenters. The minimum absolute atomic E-state index is 0.159. The summed E-state index contributed by atoms with van der Waals surface area (Å²) in [5.41, 5.74) is 0.444.